The average molecular weight is 419 g/mol. The Balaban J connectivity index is 0.00000169. The van der Waals surface area contributed by atoms with Gasteiger partial charge in [-0.2, -0.15) is 11.8 Å². The van der Waals surface area contributed by atoms with E-state index in [0.29, 0.717) is 6.54 Å². The number of para-hydroxylation sites is 2. The van der Waals surface area contributed by atoms with E-state index >= 15 is 0 Å². The lowest BCUT2D eigenvalue weighted by atomic mass is 9.79. The first-order valence-corrected chi connectivity index (χ1v) is 9.78. The van der Waals surface area contributed by atoms with Crippen molar-refractivity contribution in [3.63, 3.8) is 0 Å². The quantitative estimate of drug-likeness (QED) is 0.826. The smallest absolute Gasteiger partial charge is 0.242 e. The van der Waals surface area contributed by atoms with Gasteiger partial charge in [-0.15, -0.1) is 24.8 Å². The second-order valence-corrected chi connectivity index (χ2v) is 8.10. The molecule has 1 saturated heterocycles. The highest BCUT2D eigenvalue weighted by atomic mass is 35.5. The van der Waals surface area contributed by atoms with E-state index in [1.54, 1.807) is 11.8 Å². The lowest BCUT2D eigenvalue weighted by Crippen LogP contribution is -2.54. The van der Waals surface area contributed by atoms with E-state index in [1.807, 2.05) is 29.2 Å². The predicted molar refractivity (Wildman–Crippen MR) is 114 cm³/mol. The highest BCUT2D eigenvalue weighted by Gasteiger charge is 2.35. The van der Waals surface area contributed by atoms with Crippen LogP contribution in [0.2, 0.25) is 0 Å². The van der Waals surface area contributed by atoms with Crippen LogP contribution >= 0.6 is 36.6 Å². The zero-order chi connectivity index (χ0) is 17.3. The van der Waals surface area contributed by atoms with E-state index in [2.05, 4.69) is 24.7 Å². The van der Waals surface area contributed by atoms with E-state index in [9.17, 15) is 4.79 Å². The third-order valence-electron chi connectivity index (χ3n) is 4.97. The van der Waals surface area contributed by atoms with Crippen LogP contribution in [0.1, 0.15) is 26.1 Å². The Hall–Kier alpha value is -0.950. The van der Waals surface area contributed by atoms with Crippen LogP contribution in [-0.2, 0) is 17.1 Å². The summed E-state index contributed by atoms with van der Waals surface area (Å²) in [6.45, 7) is 6.10. The number of piperidine rings is 1. The van der Waals surface area contributed by atoms with E-state index < -0.39 is 0 Å². The molecule has 1 aromatic heterocycles. The molecule has 1 aliphatic heterocycles. The highest BCUT2D eigenvalue weighted by Crippen LogP contribution is 2.28. The van der Waals surface area contributed by atoms with Gasteiger partial charge in [-0.25, -0.2) is 4.98 Å². The maximum absolute atomic E-state index is 12.9. The molecule has 5 nitrogen and oxygen atoms in total. The Morgan fingerprint density at radius 3 is 2.69 bits per heavy atom. The summed E-state index contributed by atoms with van der Waals surface area (Å²) in [4.78, 5) is 19.5. The van der Waals surface area contributed by atoms with Crippen molar-refractivity contribution < 1.29 is 4.79 Å². The molecule has 0 saturated carbocycles. The normalized spacial score (nSPS) is 18.9. The number of likely N-dealkylation sites (tertiary alicyclic amines) is 1. The SMILES string of the molecule is CSCc1nc2ccccc2n1CC(=O)N1CCC(N)C(C)(C)C1.Cl.Cl. The lowest BCUT2D eigenvalue weighted by molar-refractivity contribution is -0.135. The van der Waals surface area contributed by atoms with Crippen LogP contribution in [0.4, 0.5) is 0 Å². The van der Waals surface area contributed by atoms with Crippen LogP contribution in [0.3, 0.4) is 0 Å². The fourth-order valence-corrected chi connectivity index (χ4v) is 3.84. The summed E-state index contributed by atoms with van der Waals surface area (Å²) >= 11 is 1.72. The largest absolute Gasteiger partial charge is 0.340 e. The standard InChI is InChI=1S/C18H26N4OS.2ClH/c1-18(2)12-21(9-8-15(18)19)17(23)10-22-14-7-5-4-6-13(14)20-16(22)11-24-3;;/h4-7,15H,8-12,19H2,1-3H3;2*1H. The number of aromatic nitrogens is 2. The number of thioether (sulfide) groups is 1. The zero-order valence-electron chi connectivity index (χ0n) is 15.5. The van der Waals surface area contributed by atoms with Crippen LogP contribution in [0.5, 0.6) is 0 Å². The molecule has 0 spiro atoms. The van der Waals surface area contributed by atoms with Gasteiger partial charge in [0.1, 0.15) is 12.4 Å². The number of fused-ring (bicyclic) bond motifs is 1. The minimum absolute atomic E-state index is 0. The van der Waals surface area contributed by atoms with Crippen LogP contribution in [-0.4, -0.2) is 45.7 Å². The van der Waals surface area contributed by atoms with E-state index in [1.165, 1.54) is 0 Å². The van der Waals surface area contributed by atoms with Crippen molar-refractivity contribution in [3.05, 3.63) is 30.1 Å². The maximum atomic E-state index is 12.9. The number of hydrogen-bond donors (Lipinski definition) is 1. The summed E-state index contributed by atoms with van der Waals surface area (Å²) in [6, 6.07) is 8.18. The summed E-state index contributed by atoms with van der Waals surface area (Å²) < 4.78 is 2.07. The fourth-order valence-electron chi connectivity index (χ4n) is 3.36. The summed E-state index contributed by atoms with van der Waals surface area (Å²) in [5.41, 5.74) is 8.14. The van der Waals surface area contributed by atoms with Crippen LogP contribution < -0.4 is 5.73 Å². The molecule has 1 aromatic carbocycles. The third kappa shape index (κ3) is 4.66. The Labute approximate surface area is 171 Å². The number of carbonyl (C=O) groups is 1. The number of rotatable bonds is 4. The minimum Gasteiger partial charge on any atom is -0.340 e. The average Bonchev–Trinajstić information content (AvgIpc) is 2.88. The Morgan fingerprint density at radius 1 is 1.35 bits per heavy atom. The van der Waals surface area contributed by atoms with Gasteiger partial charge in [0.25, 0.3) is 0 Å². The summed E-state index contributed by atoms with van der Waals surface area (Å²) in [5.74, 6) is 1.92. The van der Waals surface area contributed by atoms with Crippen molar-refractivity contribution in [2.24, 2.45) is 11.1 Å². The number of nitrogens with zero attached hydrogens (tertiary/aromatic N) is 3. The molecular formula is C18H28Cl2N4OS. The van der Waals surface area contributed by atoms with Crippen LogP contribution in [0, 0.1) is 5.41 Å². The molecule has 2 N–H and O–H groups in total. The number of hydrogen-bond acceptors (Lipinski definition) is 4. The van der Waals surface area contributed by atoms with Crippen molar-refractivity contribution in [2.75, 3.05) is 19.3 Å². The Bertz CT molecular complexity index is 750. The van der Waals surface area contributed by atoms with Crippen LogP contribution in [0.25, 0.3) is 11.0 Å². The second-order valence-electron chi connectivity index (χ2n) is 7.23. The molecular weight excluding hydrogens is 391 g/mol. The monoisotopic (exact) mass is 418 g/mol. The lowest BCUT2D eigenvalue weighted by Gasteiger charge is -2.42. The maximum Gasteiger partial charge on any atom is 0.242 e. The molecule has 0 aliphatic carbocycles. The number of carbonyl (C=O) groups excluding carboxylic acids is 1. The molecule has 1 unspecified atom stereocenters. The highest BCUT2D eigenvalue weighted by molar-refractivity contribution is 7.97. The van der Waals surface area contributed by atoms with Gasteiger partial charge in [0.05, 0.1) is 16.8 Å². The van der Waals surface area contributed by atoms with Crippen molar-refractivity contribution in [2.45, 2.75) is 38.6 Å². The Morgan fingerprint density at radius 2 is 2.04 bits per heavy atom. The Kier molecular flexibility index (Phi) is 8.27. The van der Waals surface area contributed by atoms with Crippen molar-refractivity contribution >= 4 is 53.5 Å². The molecule has 1 amide bonds. The zero-order valence-corrected chi connectivity index (χ0v) is 17.9. The molecule has 1 aliphatic rings. The number of benzene rings is 1. The molecule has 0 radical (unpaired) electrons. The van der Waals surface area contributed by atoms with Gasteiger partial charge < -0.3 is 15.2 Å². The van der Waals surface area contributed by atoms with Gasteiger partial charge in [-0.3, -0.25) is 4.79 Å². The molecule has 1 fully saturated rings. The van der Waals surface area contributed by atoms with E-state index in [-0.39, 0.29) is 42.2 Å². The molecule has 2 heterocycles. The van der Waals surface area contributed by atoms with E-state index in [4.69, 9.17) is 10.7 Å². The third-order valence-corrected chi connectivity index (χ3v) is 5.51. The molecule has 26 heavy (non-hydrogen) atoms. The predicted octanol–water partition coefficient (Wildman–Crippen LogP) is 3.33. The van der Waals surface area contributed by atoms with Gasteiger partial charge in [0.2, 0.25) is 5.91 Å². The molecule has 3 rings (SSSR count). The second kappa shape index (κ2) is 9.31. The molecule has 1 atom stereocenters. The first kappa shape index (κ1) is 23.1. The minimum atomic E-state index is -0.0347. The number of imidazole rings is 1. The summed E-state index contributed by atoms with van der Waals surface area (Å²) in [7, 11) is 0. The fraction of sp³-hybridized carbons (Fsp3) is 0.556. The molecule has 146 valence electrons. The summed E-state index contributed by atoms with van der Waals surface area (Å²) in [5, 5.41) is 0. The number of amides is 1. The van der Waals surface area contributed by atoms with Crippen LogP contribution in [0.15, 0.2) is 24.3 Å². The molecule has 8 heteroatoms. The van der Waals surface area contributed by atoms with Gasteiger partial charge in [-0.1, -0.05) is 26.0 Å². The van der Waals surface area contributed by atoms with E-state index in [0.717, 1.165) is 42.1 Å². The first-order chi connectivity index (χ1) is 11.4. The molecule has 2 aromatic rings. The van der Waals surface area contributed by atoms with Gasteiger partial charge in [0, 0.05) is 19.1 Å². The van der Waals surface area contributed by atoms with Gasteiger partial charge in [0.15, 0.2) is 0 Å². The summed E-state index contributed by atoms with van der Waals surface area (Å²) in [6.07, 6.45) is 2.92. The topological polar surface area (TPSA) is 64.2 Å². The van der Waals surface area contributed by atoms with Gasteiger partial charge in [-0.05, 0) is 30.2 Å². The van der Waals surface area contributed by atoms with Crippen molar-refractivity contribution in [1.82, 2.24) is 14.5 Å². The first-order valence-electron chi connectivity index (χ1n) is 8.39. The van der Waals surface area contributed by atoms with Gasteiger partial charge >= 0.3 is 0 Å². The van der Waals surface area contributed by atoms with Crippen molar-refractivity contribution in [1.29, 1.82) is 0 Å². The number of nitrogens with two attached hydrogens (primary N) is 1. The van der Waals surface area contributed by atoms with Crippen molar-refractivity contribution in [3.8, 4) is 0 Å². The number of halogens is 2. The molecule has 0 bridgehead atoms.